The van der Waals surface area contributed by atoms with E-state index in [1.807, 2.05) is 0 Å². The van der Waals surface area contributed by atoms with Gasteiger partial charge in [0.15, 0.2) is 5.69 Å². The first-order valence-electron chi connectivity index (χ1n) is 7.61. The molecule has 0 unspecified atom stereocenters. The second-order valence-corrected chi connectivity index (χ2v) is 5.64. The zero-order valence-electron chi connectivity index (χ0n) is 14.0. The Labute approximate surface area is 150 Å². The van der Waals surface area contributed by atoms with Crippen LogP contribution in [0.1, 0.15) is 33.2 Å². The highest BCUT2D eigenvalue weighted by Crippen LogP contribution is 2.15. The van der Waals surface area contributed by atoms with E-state index in [1.54, 1.807) is 36.3 Å². The molecule has 0 saturated heterocycles. The molecule has 2 aromatic rings. The van der Waals surface area contributed by atoms with Gasteiger partial charge in [-0.1, -0.05) is 17.7 Å². The van der Waals surface area contributed by atoms with Crippen molar-refractivity contribution in [2.75, 3.05) is 27.4 Å². The fourth-order valence-electron chi connectivity index (χ4n) is 2.20. The second kappa shape index (κ2) is 9.19. The highest BCUT2D eigenvalue weighted by Gasteiger charge is 2.20. The summed E-state index contributed by atoms with van der Waals surface area (Å²) in [5.41, 5.74) is 0.522. The van der Waals surface area contributed by atoms with Crippen LogP contribution in [-0.2, 0) is 16.0 Å². The first kappa shape index (κ1) is 19.0. The number of rotatable bonds is 8. The van der Waals surface area contributed by atoms with E-state index in [1.165, 1.54) is 13.4 Å². The van der Waals surface area contributed by atoms with Gasteiger partial charge in [-0.15, -0.1) is 0 Å². The summed E-state index contributed by atoms with van der Waals surface area (Å²) >= 11 is 5.96. The quantitative estimate of drug-likeness (QED) is 0.527. The monoisotopic (exact) mass is 366 g/mol. The third-order valence-corrected chi connectivity index (χ3v) is 3.64. The lowest BCUT2D eigenvalue weighted by Crippen LogP contribution is -2.32. The number of amides is 1. The standard InChI is InChI=1S/C17H19ClN2O5/c1-23-8-4-7-20(16(21)12-5-3-6-13(18)9-12)10-15-19-14(11-25-15)17(22)24-2/h3,5-6,9,11H,4,7-8,10H2,1-2H3. The Bertz CT molecular complexity index is 731. The predicted octanol–water partition coefficient (Wildman–Crippen LogP) is 2.79. The lowest BCUT2D eigenvalue weighted by Gasteiger charge is -2.21. The van der Waals surface area contributed by atoms with E-state index in [0.29, 0.717) is 30.2 Å². The van der Waals surface area contributed by atoms with Gasteiger partial charge in [0.05, 0.1) is 13.7 Å². The lowest BCUT2D eigenvalue weighted by molar-refractivity contribution is 0.0594. The first-order chi connectivity index (χ1) is 12.0. The van der Waals surface area contributed by atoms with E-state index >= 15 is 0 Å². The summed E-state index contributed by atoms with van der Waals surface area (Å²) in [5, 5.41) is 0.479. The van der Waals surface area contributed by atoms with Gasteiger partial charge in [0.25, 0.3) is 5.91 Å². The van der Waals surface area contributed by atoms with Gasteiger partial charge in [-0.2, -0.15) is 0 Å². The zero-order valence-corrected chi connectivity index (χ0v) is 14.8. The summed E-state index contributed by atoms with van der Waals surface area (Å²) in [6.45, 7) is 1.07. The number of nitrogens with zero attached hydrogens (tertiary/aromatic N) is 2. The number of hydrogen-bond donors (Lipinski definition) is 0. The molecule has 0 N–H and O–H groups in total. The van der Waals surface area contributed by atoms with Gasteiger partial charge in [0.2, 0.25) is 5.89 Å². The van der Waals surface area contributed by atoms with Crippen LogP contribution in [0, 0.1) is 0 Å². The van der Waals surface area contributed by atoms with Crippen molar-refractivity contribution in [3.05, 3.63) is 52.7 Å². The molecule has 8 heteroatoms. The maximum absolute atomic E-state index is 12.8. The highest BCUT2D eigenvalue weighted by molar-refractivity contribution is 6.30. The van der Waals surface area contributed by atoms with Crippen LogP contribution in [0.4, 0.5) is 0 Å². The summed E-state index contributed by atoms with van der Waals surface area (Å²) in [7, 11) is 2.86. The van der Waals surface area contributed by atoms with Crippen LogP contribution < -0.4 is 0 Å². The van der Waals surface area contributed by atoms with Crippen molar-refractivity contribution in [1.82, 2.24) is 9.88 Å². The zero-order chi connectivity index (χ0) is 18.2. The third-order valence-electron chi connectivity index (χ3n) is 3.41. The number of ether oxygens (including phenoxy) is 2. The van der Waals surface area contributed by atoms with Crippen molar-refractivity contribution in [3.8, 4) is 0 Å². The molecule has 0 fully saturated rings. The van der Waals surface area contributed by atoms with E-state index in [0.717, 1.165) is 0 Å². The molecule has 0 aliphatic heterocycles. The van der Waals surface area contributed by atoms with Crippen LogP contribution in [0.15, 0.2) is 34.9 Å². The topological polar surface area (TPSA) is 81.9 Å². The van der Waals surface area contributed by atoms with Gasteiger partial charge in [-0.3, -0.25) is 4.79 Å². The Morgan fingerprint density at radius 3 is 2.80 bits per heavy atom. The van der Waals surface area contributed by atoms with Crippen LogP contribution in [0.5, 0.6) is 0 Å². The van der Waals surface area contributed by atoms with Gasteiger partial charge in [0, 0.05) is 30.8 Å². The van der Waals surface area contributed by atoms with Gasteiger partial charge in [-0.05, 0) is 24.6 Å². The highest BCUT2D eigenvalue weighted by atomic mass is 35.5. The number of aromatic nitrogens is 1. The fraction of sp³-hybridized carbons (Fsp3) is 0.353. The molecule has 1 aromatic heterocycles. The minimum atomic E-state index is -0.595. The number of carbonyl (C=O) groups excluding carboxylic acids is 2. The molecule has 1 aromatic carbocycles. The number of methoxy groups -OCH3 is 2. The predicted molar refractivity (Wildman–Crippen MR) is 90.5 cm³/mol. The van der Waals surface area contributed by atoms with Crippen LogP contribution in [0.25, 0.3) is 0 Å². The average Bonchev–Trinajstić information content (AvgIpc) is 3.08. The summed E-state index contributed by atoms with van der Waals surface area (Å²) in [6.07, 6.45) is 1.85. The number of esters is 1. The Morgan fingerprint density at radius 1 is 1.32 bits per heavy atom. The Balaban J connectivity index is 2.16. The third kappa shape index (κ3) is 5.30. The minimum absolute atomic E-state index is 0.0598. The molecule has 7 nitrogen and oxygen atoms in total. The Kier molecular flexibility index (Phi) is 6.97. The summed E-state index contributed by atoms with van der Waals surface area (Å²) in [4.78, 5) is 29.8. The molecule has 0 aliphatic rings. The van der Waals surface area contributed by atoms with Crippen molar-refractivity contribution in [2.45, 2.75) is 13.0 Å². The number of benzene rings is 1. The van der Waals surface area contributed by atoms with E-state index in [4.69, 9.17) is 20.8 Å². The Hall–Kier alpha value is -2.38. The SMILES string of the molecule is COCCCN(Cc1nc(C(=O)OC)co1)C(=O)c1cccc(Cl)c1. The molecule has 1 heterocycles. The Morgan fingerprint density at radius 2 is 2.12 bits per heavy atom. The van der Waals surface area contributed by atoms with Crippen molar-refractivity contribution in [3.63, 3.8) is 0 Å². The normalized spacial score (nSPS) is 10.5. The summed E-state index contributed by atoms with van der Waals surface area (Å²) in [6, 6.07) is 6.70. The number of hydrogen-bond acceptors (Lipinski definition) is 6. The molecular formula is C17H19ClN2O5. The van der Waals surface area contributed by atoms with Gasteiger partial charge in [-0.25, -0.2) is 9.78 Å². The average molecular weight is 367 g/mol. The molecule has 0 radical (unpaired) electrons. The molecule has 1 amide bonds. The summed E-state index contributed by atoms with van der Waals surface area (Å²) in [5.74, 6) is -0.563. The first-order valence-corrected chi connectivity index (χ1v) is 7.99. The summed E-state index contributed by atoms with van der Waals surface area (Å²) < 4.78 is 14.9. The van der Waals surface area contributed by atoms with Gasteiger partial charge in [0.1, 0.15) is 6.26 Å². The number of oxazole rings is 1. The molecule has 0 aliphatic carbocycles. The maximum Gasteiger partial charge on any atom is 0.360 e. The van der Waals surface area contributed by atoms with Crippen LogP contribution >= 0.6 is 11.6 Å². The van der Waals surface area contributed by atoms with Gasteiger partial charge < -0.3 is 18.8 Å². The largest absolute Gasteiger partial charge is 0.464 e. The van der Waals surface area contributed by atoms with Crippen LogP contribution in [0.3, 0.4) is 0 Å². The number of halogens is 1. The van der Waals surface area contributed by atoms with Crippen molar-refractivity contribution in [2.24, 2.45) is 0 Å². The molecule has 0 saturated carbocycles. The van der Waals surface area contributed by atoms with E-state index in [9.17, 15) is 9.59 Å². The molecule has 0 bridgehead atoms. The maximum atomic E-state index is 12.8. The molecule has 2 rings (SSSR count). The van der Waals surface area contributed by atoms with Crippen molar-refractivity contribution >= 4 is 23.5 Å². The molecule has 134 valence electrons. The van der Waals surface area contributed by atoms with E-state index < -0.39 is 5.97 Å². The fourth-order valence-corrected chi connectivity index (χ4v) is 2.39. The molecule has 0 spiro atoms. The van der Waals surface area contributed by atoms with E-state index in [2.05, 4.69) is 9.72 Å². The second-order valence-electron chi connectivity index (χ2n) is 5.20. The smallest absolute Gasteiger partial charge is 0.360 e. The lowest BCUT2D eigenvalue weighted by atomic mass is 10.2. The van der Waals surface area contributed by atoms with Crippen LogP contribution in [0.2, 0.25) is 5.02 Å². The molecule has 0 atom stereocenters. The van der Waals surface area contributed by atoms with E-state index in [-0.39, 0.29) is 24.0 Å². The molecular weight excluding hydrogens is 348 g/mol. The van der Waals surface area contributed by atoms with Crippen molar-refractivity contribution < 1.29 is 23.5 Å². The minimum Gasteiger partial charge on any atom is -0.464 e. The molecule has 25 heavy (non-hydrogen) atoms. The number of carbonyl (C=O) groups is 2. The van der Waals surface area contributed by atoms with Gasteiger partial charge >= 0.3 is 5.97 Å². The van der Waals surface area contributed by atoms with Crippen LogP contribution in [-0.4, -0.2) is 49.1 Å². The van der Waals surface area contributed by atoms with Crippen molar-refractivity contribution in [1.29, 1.82) is 0 Å².